The third kappa shape index (κ3) is 3.37. The predicted molar refractivity (Wildman–Crippen MR) is 74.3 cm³/mol. The lowest BCUT2D eigenvalue weighted by molar-refractivity contribution is -0.145. The van der Waals surface area contributed by atoms with Crippen molar-refractivity contribution in [2.75, 3.05) is 0 Å². The predicted octanol–water partition coefficient (Wildman–Crippen LogP) is 3.73. The van der Waals surface area contributed by atoms with E-state index in [1.165, 1.54) is 0 Å². The van der Waals surface area contributed by atoms with E-state index in [9.17, 15) is 9.90 Å². The van der Waals surface area contributed by atoms with E-state index >= 15 is 0 Å². The molecule has 0 saturated carbocycles. The van der Waals surface area contributed by atoms with Crippen molar-refractivity contribution in [2.45, 2.75) is 38.8 Å². The molecule has 2 N–H and O–H groups in total. The maximum atomic E-state index is 11.3. The fraction of sp³-hybridized carbons (Fsp3) is 0.462. The van der Waals surface area contributed by atoms with Crippen LogP contribution in [0.2, 0.25) is 10.0 Å². The van der Waals surface area contributed by atoms with E-state index in [0.29, 0.717) is 29.4 Å². The maximum Gasteiger partial charge on any atom is 0.323 e. The molecule has 0 bridgehead atoms. The van der Waals surface area contributed by atoms with Crippen molar-refractivity contribution >= 4 is 29.2 Å². The van der Waals surface area contributed by atoms with E-state index in [-0.39, 0.29) is 0 Å². The molecule has 0 spiro atoms. The smallest absolute Gasteiger partial charge is 0.323 e. The molecule has 0 saturated heterocycles. The van der Waals surface area contributed by atoms with Crippen molar-refractivity contribution in [1.29, 1.82) is 0 Å². The molecule has 0 unspecified atom stereocenters. The summed E-state index contributed by atoms with van der Waals surface area (Å²) in [7, 11) is 0. The van der Waals surface area contributed by atoms with Gasteiger partial charge in [0.2, 0.25) is 0 Å². The lowest BCUT2D eigenvalue weighted by atomic mass is 9.92. The van der Waals surface area contributed by atoms with Gasteiger partial charge in [-0.2, -0.15) is 0 Å². The van der Waals surface area contributed by atoms with Crippen molar-refractivity contribution in [3.05, 3.63) is 33.8 Å². The molecule has 1 aromatic rings. The topological polar surface area (TPSA) is 49.3 Å². The highest BCUT2D eigenvalue weighted by Crippen LogP contribution is 2.23. The molecule has 0 amide bonds. The molecule has 0 aliphatic rings. The number of aliphatic carboxylic acids is 1. The SMILES string of the molecule is CCC(CC)(NCc1ccc(Cl)c(Cl)c1)C(=O)O. The van der Waals surface area contributed by atoms with Crippen LogP contribution in [-0.4, -0.2) is 16.6 Å². The summed E-state index contributed by atoms with van der Waals surface area (Å²) in [4.78, 5) is 11.3. The minimum absolute atomic E-state index is 0.449. The molecule has 0 radical (unpaired) electrons. The average molecular weight is 290 g/mol. The van der Waals surface area contributed by atoms with Crippen LogP contribution in [0.25, 0.3) is 0 Å². The van der Waals surface area contributed by atoms with Crippen molar-refractivity contribution < 1.29 is 9.90 Å². The van der Waals surface area contributed by atoms with Crippen molar-refractivity contribution in [1.82, 2.24) is 5.32 Å². The van der Waals surface area contributed by atoms with Gasteiger partial charge in [-0.1, -0.05) is 43.1 Å². The van der Waals surface area contributed by atoms with Crippen LogP contribution in [0.4, 0.5) is 0 Å². The molecule has 5 heteroatoms. The number of benzene rings is 1. The van der Waals surface area contributed by atoms with Gasteiger partial charge in [-0.05, 0) is 30.5 Å². The Hall–Kier alpha value is -0.770. The Bertz CT molecular complexity index is 431. The van der Waals surface area contributed by atoms with Gasteiger partial charge in [0.25, 0.3) is 0 Å². The summed E-state index contributed by atoms with van der Waals surface area (Å²) < 4.78 is 0. The number of halogens is 2. The zero-order valence-corrected chi connectivity index (χ0v) is 12.0. The maximum absolute atomic E-state index is 11.3. The van der Waals surface area contributed by atoms with E-state index in [2.05, 4.69) is 5.32 Å². The zero-order chi connectivity index (χ0) is 13.8. The largest absolute Gasteiger partial charge is 0.480 e. The number of carboxylic acids is 1. The van der Waals surface area contributed by atoms with Crippen LogP contribution in [0.1, 0.15) is 32.3 Å². The molecular weight excluding hydrogens is 273 g/mol. The van der Waals surface area contributed by atoms with Gasteiger partial charge in [-0.25, -0.2) is 0 Å². The fourth-order valence-electron chi connectivity index (χ4n) is 1.80. The summed E-state index contributed by atoms with van der Waals surface area (Å²) in [5, 5.41) is 13.4. The number of hydrogen-bond donors (Lipinski definition) is 2. The Morgan fingerprint density at radius 2 is 1.89 bits per heavy atom. The van der Waals surface area contributed by atoms with Crippen molar-refractivity contribution in [2.24, 2.45) is 0 Å². The summed E-state index contributed by atoms with van der Waals surface area (Å²) in [5.41, 5.74) is 0.0310. The third-order valence-corrected chi connectivity index (χ3v) is 3.97. The third-order valence-electron chi connectivity index (χ3n) is 3.23. The van der Waals surface area contributed by atoms with Crippen molar-refractivity contribution in [3.8, 4) is 0 Å². The summed E-state index contributed by atoms with van der Waals surface area (Å²) in [6.07, 6.45) is 1.06. The Labute approximate surface area is 117 Å². The highest BCUT2D eigenvalue weighted by atomic mass is 35.5. The lowest BCUT2D eigenvalue weighted by Crippen LogP contribution is -2.50. The Morgan fingerprint density at radius 3 is 2.33 bits per heavy atom. The van der Waals surface area contributed by atoms with E-state index in [1.807, 2.05) is 19.9 Å². The van der Waals surface area contributed by atoms with Crippen LogP contribution in [0.5, 0.6) is 0 Å². The number of hydrogen-bond acceptors (Lipinski definition) is 2. The first-order chi connectivity index (χ1) is 8.45. The summed E-state index contributed by atoms with van der Waals surface area (Å²) >= 11 is 11.7. The standard InChI is InChI=1S/C13H17Cl2NO2/c1-3-13(4-2,12(17)18)16-8-9-5-6-10(14)11(15)7-9/h5-7,16H,3-4,8H2,1-2H3,(H,17,18). The second-order valence-corrected chi connectivity index (χ2v) is 5.01. The van der Waals surface area contributed by atoms with Crippen LogP contribution in [-0.2, 0) is 11.3 Å². The Kier molecular flexibility index (Phi) is 5.45. The second kappa shape index (κ2) is 6.41. The fourth-order valence-corrected chi connectivity index (χ4v) is 2.12. The van der Waals surface area contributed by atoms with Crippen molar-refractivity contribution in [3.63, 3.8) is 0 Å². The molecule has 0 heterocycles. The van der Waals surface area contributed by atoms with Gasteiger partial charge in [0.1, 0.15) is 5.54 Å². The molecule has 1 rings (SSSR count). The highest BCUT2D eigenvalue weighted by molar-refractivity contribution is 6.42. The number of rotatable bonds is 6. The molecule has 1 aromatic carbocycles. The zero-order valence-electron chi connectivity index (χ0n) is 10.5. The van der Waals surface area contributed by atoms with Gasteiger partial charge >= 0.3 is 5.97 Å². The van der Waals surface area contributed by atoms with Crippen LogP contribution in [0.3, 0.4) is 0 Å². The van der Waals surface area contributed by atoms with Gasteiger partial charge in [0.05, 0.1) is 10.0 Å². The molecule has 3 nitrogen and oxygen atoms in total. The van der Waals surface area contributed by atoms with Gasteiger partial charge < -0.3 is 5.11 Å². The molecule has 0 aliphatic heterocycles. The molecule has 0 aromatic heterocycles. The molecule has 100 valence electrons. The average Bonchev–Trinajstić information content (AvgIpc) is 2.35. The summed E-state index contributed by atoms with van der Waals surface area (Å²) in [6, 6.07) is 5.29. The van der Waals surface area contributed by atoms with E-state index in [1.54, 1.807) is 12.1 Å². The van der Waals surface area contributed by atoms with Gasteiger partial charge in [-0.3, -0.25) is 10.1 Å². The minimum Gasteiger partial charge on any atom is -0.480 e. The van der Waals surface area contributed by atoms with Gasteiger partial charge in [-0.15, -0.1) is 0 Å². The van der Waals surface area contributed by atoms with Crippen LogP contribution < -0.4 is 5.32 Å². The van der Waals surface area contributed by atoms with Gasteiger partial charge in [0, 0.05) is 6.54 Å². The quantitative estimate of drug-likeness (QED) is 0.839. The first kappa shape index (κ1) is 15.3. The van der Waals surface area contributed by atoms with Crippen LogP contribution in [0.15, 0.2) is 18.2 Å². The van der Waals surface area contributed by atoms with Crippen LogP contribution in [0, 0.1) is 0 Å². The monoisotopic (exact) mass is 289 g/mol. The first-order valence-electron chi connectivity index (χ1n) is 5.87. The normalized spacial score (nSPS) is 11.6. The number of carbonyl (C=O) groups is 1. The number of nitrogens with one attached hydrogen (secondary N) is 1. The summed E-state index contributed by atoms with van der Waals surface area (Å²) in [6.45, 7) is 4.17. The highest BCUT2D eigenvalue weighted by Gasteiger charge is 2.33. The Morgan fingerprint density at radius 1 is 1.28 bits per heavy atom. The number of carboxylic acid groups (broad SMARTS) is 1. The molecule has 18 heavy (non-hydrogen) atoms. The molecule has 0 atom stereocenters. The molecular formula is C13H17Cl2NO2. The first-order valence-corrected chi connectivity index (χ1v) is 6.63. The van der Waals surface area contributed by atoms with E-state index in [4.69, 9.17) is 23.2 Å². The summed E-state index contributed by atoms with van der Waals surface area (Å²) in [5.74, 6) is -0.826. The van der Waals surface area contributed by atoms with Gasteiger partial charge in [0.15, 0.2) is 0 Å². The van der Waals surface area contributed by atoms with E-state index < -0.39 is 11.5 Å². The lowest BCUT2D eigenvalue weighted by Gasteiger charge is -2.28. The molecule has 0 aliphatic carbocycles. The molecule has 0 fully saturated rings. The van der Waals surface area contributed by atoms with E-state index in [0.717, 1.165) is 5.56 Å². The van der Waals surface area contributed by atoms with Crippen LogP contribution >= 0.6 is 23.2 Å². The minimum atomic E-state index is -0.883. The second-order valence-electron chi connectivity index (χ2n) is 4.20. The Balaban J connectivity index is 2.79.